The molecule has 1 amide bonds. The van der Waals surface area contributed by atoms with E-state index in [1.165, 1.54) is 6.07 Å². The first-order valence-electron chi connectivity index (χ1n) is 5.29. The average molecular weight is 264 g/mol. The summed E-state index contributed by atoms with van der Waals surface area (Å²) in [4.78, 5) is 32.0. The third kappa shape index (κ3) is 3.91. The lowest BCUT2D eigenvalue weighted by molar-refractivity contribution is -0.384. The van der Waals surface area contributed by atoms with Gasteiger partial charge in [-0.05, 0) is 25.0 Å². The van der Waals surface area contributed by atoms with Crippen molar-refractivity contribution in [3.05, 3.63) is 45.5 Å². The second-order valence-corrected chi connectivity index (χ2v) is 3.89. The number of nitrogens with zero attached hydrogens (tertiary/aromatic N) is 1. The molecule has 0 bridgehead atoms. The van der Waals surface area contributed by atoms with Crippen LogP contribution in [0.2, 0.25) is 0 Å². The first-order chi connectivity index (χ1) is 8.81. The number of hydrogen-bond donors (Lipinski definition) is 2. The number of carbonyl (C=O) groups excluding carboxylic acids is 1. The number of aryl methyl sites for hydroxylation is 2. The summed E-state index contributed by atoms with van der Waals surface area (Å²) in [5.41, 5.74) is 1.07. The maximum absolute atomic E-state index is 11.4. The molecule has 1 aromatic carbocycles. The molecule has 0 atom stereocenters. The number of benzene rings is 1. The number of aliphatic carboxylic acids is 1. The fourth-order valence-electron chi connectivity index (χ4n) is 1.56. The highest BCUT2D eigenvalue weighted by Crippen LogP contribution is 2.29. The molecule has 1 aromatic rings. The van der Waals surface area contributed by atoms with Crippen LogP contribution in [-0.4, -0.2) is 21.9 Å². The van der Waals surface area contributed by atoms with Gasteiger partial charge in [0.15, 0.2) is 0 Å². The largest absolute Gasteiger partial charge is 0.478 e. The minimum atomic E-state index is -1.27. The molecule has 1 rings (SSSR count). The van der Waals surface area contributed by atoms with Crippen LogP contribution < -0.4 is 5.32 Å². The smallest absolute Gasteiger partial charge is 0.328 e. The number of carboxylic acid groups (broad SMARTS) is 1. The summed E-state index contributed by atoms with van der Waals surface area (Å²) in [6, 6.07) is 3.02. The minimum absolute atomic E-state index is 0.0654. The fourth-order valence-corrected chi connectivity index (χ4v) is 1.56. The van der Waals surface area contributed by atoms with Gasteiger partial charge in [-0.15, -0.1) is 0 Å². The lowest BCUT2D eigenvalue weighted by Gasteiger charge is -2.08. The van der Waals surface area contributed by atoms with Crippen molar-refractivity contribution in [2.45, 2.75) is 13.8 Å². The van der Waals surface area contributed by atoms with Gasteiger partial charge in [-0.25, -0.2) is 4.79 Å². The highest BCUT2D eigenvalue weighted by atomic mass is 16.6. The third-order valence-corrected chi connectivity index (χ3v) is 2.28. The van der Waals surface area contributed by atoms with Gasteiger partial charge in [-0.1, -0.05) is 6.07 Å². The van der Waals surface area contributed by atoms with Crippen LogP contribution in [0.25, 0.3) is 0 Å². The van der Waals surface area contributed by atoms with Gasteiger partial charge in [0.05, 0.1) is 4.92 Å². The first kappa shape index (κ1) is 14.4. The van der Waals surface area contributed by atoms with Crippen molar-refractivity contribution in [3.63, 3.8) is 0 Å². The Morgan fingerprint density at radius 1 is 1.32 bits per heavy atom. The third-order valence-electron chi connectivity index (χ3n) is 2.28. The Morgan fingerprint density at radius 3 is 2.47 bits per heavy atom. The summed E-state index contributed by atoms with van der Waals surface area (Å²) in [6.07, 6.45) is 1.45. The normalized spacial score (nSPS) is 10.4. The Morgan fingerprint density at radius 2 is 1.95 bits per heavy atom. The van der Waals surface area contributed by atoms with Crippen LogP contribution in [0, 0.1) is 24.0 Å². The maximum atomic E-state index is 11.4. The van der Waals surface area contributed by atoms with Crippen LogP contribution >= 0.6 is 0 Å². The Balaban J connectivity index is 3.10. The molecule has 0 heterocycles. The van der Waals surface area contributed by atoms with E-state index in [-0.39, 0.29) is 11.4 Å². The van der Waals surface area contributed by atoms with E-state index in [1.807, 2.05) is 0 Å². The van der Waals surface area contributed by atoms with E-state index in [1.54, 1.807) is 19.9 Å². The quantitative estimate of drug-likeness (QED) is 0.489. The predicted molar refractivity (Wildman–Crippen MR) is 68.0 cm³/mol. The molecule has 0 aliphatic carbocycles. The summed E-state index contributed by atoms with van der Waals surface area (Å²) in [5, 5.41) is 21.6. The van der Waals surface area contributed by atoms with Gasteiger partial charge in [0.25, 0.3) is 5.69 Å². The van der Waals surface area contributed by atoms with Gasteiger partial charge in [0.1, 0.15) is 5.69 Å². The molecule has 100 valence electrons. The molecule has 0 saturated carbocycles. The van der Waals surface area contributed by atoms with E-state index in [2.05, 4.69) is 5.32 Å². The van der Waals surface area contributed by atoms with Gasteiger partial charge in [0.2, 0.25) is 5.91 Å². The summed E-state index contributed by atoms with van der Waals surface area (Å²) in [5.74, 6) is -2.01. The topological polar surface area (TPSA) is 110 Å². The molecule has 7 heteroatoms. The van der Waals surface area contributed by atoms with Crippen molar-refractivity contribution in [3.8, 4) is 0 Å². The Bertz CT molecular complexity index is 578. The van der Waals surface area contributed by atoms with Crippen LogP contribution in [0.15, 0.2) is 24.3 Å². The zero-order chi connectivity index (χ0) is 14.6. The summed E-state index contributed by atoms with van der Waals surface area (Å²) >= 11 is 0. The number of nitro groups is 1. The average Bonchev–Trinajstić information content (AvgIpc) is 2.29. The van der Waals surface area contributed by atoms with E-state index in [4.69, 9.17) is 5.11 Å². The number of nitrogens with one attached hydrogen (secondary N) is 1. The molecule has 19 heavy (non-hydrogen) atoms. The molecular weight excluding hydrogens is 252 g/mol. The molecule has 0 aliphatic rings. The van der Waals surface area contributed by atoms with Crippen LogP contribution in [0.1, 0.15) is 11.1 Å². The highest BCUT2D eigenvalue weighted by Gasteiger charge is 2.18. The molecule has 2 N–H and O–H groups in total. The Kier molecular flexibility index (Phi) is 4.36. The van der Waals surface area contributed by atoms with Gasteiger partial charge in [-0.2, -0.15) is 0 Å². The van der Waals surface area contributed by atoms with Crippen molar-refractivity contribution >= 4 is 23.3 Å². The van der Waals surface area contributed by atoms with Crippen molar-refractivity contribution < 1.29 is 19.6 Å². The zero-order valence-corrected chi connectivity index (χ0v) is 10.3. The molecule has 0 aromatic heterocycles. The van der Waals surface area contributed by atoms with Gasteiger partial charge in [0, 0.05) is 18.2 Å². The molecule has 0 radical (unpaired) electrons. The Labute approximate surface area is 108 Å². The molecule has 7 nitrogen and oxygen atoms in total. The highest BCUT2D eigenvalue weighted by molar-refractivity contribution is 6.04. The van der Waals surface area contributed by atoms with Crippen molar-refractivity contribution in [2.75, 3.05) is 5.32 Å². The summed E-state index contributed by atoms with van der Waals surface area (Å²) in [6.45, 7) is 3.33. The van der Waals surface area contributed by atoms with E-state index in [0.29, 0.717) is 17.2 Å². The maximum Gasteiger partial charge on any atom is 0.328 e. The molecule has 0 saturated heterocycles. The van der Waals surface area contributed by atoms with Crippen LogP contribution in [0.5, 0.6) is 0 Å². The van der Waals surface area contributed by atoms with Crippen LogP contribution in [0.3, 0.4) is 0 Å². The van der Waals surface area contributed by atoms with E-state index in [9.17, 15) is 19.7 Å². The van der Waals surface area contributed by atoms with Gasteiger partial charge >= 0.3 is 5.97 Å². The number of hydrogen-bond acceptors (Lipinski definition) is 4. The standard InChI is InChI=1S/C12H12N2O5/c1-7-5-8(2)12(9(6-7)14(18)19)13-10(15)3-4-11(16)17/h3-6H,1-2H3,(H,13,15)(H,16,17). The first-order valence-corrected chi connectivity index (χ1v) is 5.29. The van der Waals surface area contributed by atoms with E-state index < -0.39 is 16.8 Å². The Hall–Kier alpha value is -2.70. The lowest BCUT2D eigenvalue weighted by Crippen LogP contribution is -2.12. The lowest BCUT2D eigenvalue weighted by atomic mass is 10.1. The molecular formula is C12H12N2O5. The molecule has 0 spiro atoms. The van der Waals surface area contributed by atoms with E-state index >= 15 is 0 Å². The summed E-state index contributed by atoms with van der Waals surface area (Å²) < 4.78 is 0. The second kappa shape index (κ2) is 5.76. The SMILES string of the molecule is Cc1cc(C)c(NC(=O)C=CC(=O)O)c([N+](=O)[O-])c1. The fraction of sp³-hybridized carbons (Fsp3) is 0.167. The summed E-state index contributed by atoms with van der Waals surface area (Å²) in [7, 11) is 0. The molecule has 0 aliphatic heterocycles. The molecule has 0 unspecified atom stereocenters. The second-order valence-electron chi connectivity index (χ2n) is 3.89. The predicted octanol–water partition coefficient (Wildman–Crippen LogP) is 1.79. The van der Waals surface area contributed by atoms with Crippen molar-refractivity contribution in [1.29, 1.82) is 0 Å². The number of carboxylic acids is 1. The van der Waals surface area contributed by atoms with Crippen LogP contribution in [-0.2, 0) is 9.59 Å². The van der Waals surface area contributed by atoms with Crippen molar-refractivity contribution in [2.24, 2.45) is 0 Å². The molecule has 0 fully saturated rings. The number of nitro benzene ring substituents is 1. The number of carbonyl (C=O) groups is 2. The van der Waals surface area contributed by atoms with E-state index in [0.717, 1.165) is 6.08 Å². The monoisotopic (exact) mass is 264 g/mol. The van der Waals surface area contributed by atoms with Crippen LogP contribution in [0.4, 0.5) is 11.4 Å². The number of rotatable bonds is 4. The van der Waals surface area contributed by atoms with Gasteiger partial charge in [-0.3, -0.25) is 14.9 Å². The number of anilines is 1. The van der Waals surface area contributed by atoms with Crippen molar-refractivity contribution in [1.82, 2.24) is 0 Å². The minimum Gasteiger partial charge on any atom is -0.478 e. The van der Waals surface area contributed by atoms with Gasteiger partial charge < -0.3 is 10.4 Å². The zero-order valence-electron chi connectivity index (χ0n) is 10.3. The number of amides is 1.